The van der Waals surface area contributed by atoms with Crippen LogP contribution in [0.1, 0.15) is 58.9 Å². The van der Waals surface area contributed by atoms with Gasteiger partial charge in [0.15, 0.2) is 0 Å². The first-order valence-corrected chi connectivity index (χ1v) is 9.64. The van der Waals surface area contributed by atoms with Crippen molar-refractivity contribution in [3.8, 4) is 0 Å². The number of imide groups is 2. The van der Waals surface area contributed by atoms with Gasteiger partial charge in [0.25, 0.3) is 11.8 Å². The number of nitrogens with two attached hydrogens (primary N) is 1. The summed E-state index contributed by atoms with van der Waals surface area (Å²) in [5.41, 5.74) is 7.09. The predicted octanol–water partition coefficient (Wildman–Crippen LogP) is 0.305. The first-order chi connectivity index (χ1) is 13.4. The van der Waals surface area contributed by atoms with Crippen LogP contribution >= 0.6 is 0 Å². The van der Waals surface area contributed by atoms with Gasteiger partial charge in [-0.25, -0.2) is 0 Å². The molecular weight excluding hydrogens is 360 g/mol. The van der Waals surface area contributed by atoms with Crippen molar-refractivity contribution in [1.82, 2.24) is 15.5 Å². The Balaban J connectivity index is 1.59. The minimum Gasteiger partial charge on any atom is -0.329 e. The number of nitrogens with zero attached hydrogens (tertiary/aromatic N) is 1. The summed E-state index contributed by atoms with van der Waals surface area (Å²) in [6.45, 7) is 2.98. The second-order valence-electron chi connectivity index (χ2n) is 8.04. The number of hydrogen-bond donors (Lipinski definition) is 3. The zero-order chi connectivity index (χ0) is 20.1. The second-order valence-corrected chi connectivity index (χ2v) is 8.04. The average Bonchev–Trinajstić information content (AvgIpc) is 3.50. The third kappa shape index (κ3) is 3.02. The molecular formula is C20H24N4O4. The Bertz CT molecular complexity index is 879. The Morgan fingerprint density at radius 3 is 2.57 bits per heavy atom. The fraction of sp³-hybridized carbons (Fsp3) is 0.500. The fourth-order valence-corrected chi connectivity index (χ4v) is 4.13. The predicted molar refractivity (Wildman–Crippen MR) is 100 cm³/mol. The monoisotopic (exact) mass is 384 g/mol. The first kappa shape index (κ1) is 18.8. The van der Waals surface area contributed by atoms with Crippen molar-refractivity contribution in [3.63, 3.8) is 0 Å². The molecule has 2 aliphatic heterocycles. The quantitative estimate of drug-likeness (QED) is 0.607. The van der Waals surface area contributed by atoms with Crippen molar-refractivity contribution in [2.45, 2.75) is 50.7 Å². The van der Waals surface area contributed by atoms with Crippen molar-refractivity contribution in [2.24, 2.45) is 11.7 Å². The van der Waals surface area contributed by atoms with E-state index in [4.69, 9.17) is 5.73 Å². The van der Waals surface area contributed by atoms with Gasteiger partial charge in [0, 0.05) is 25.0 Å². The average molecular weight is 384 g/mol. The van der Waals surface area contributed by atoms with Gasteiger partial charge in [-0.3, -0.25) is 29.4 Å². The molecule has 1 saturated heterocycles. The second kappa shape index (κ2) is 6.79. The molecule has 8 nitrogen and oxygen atoms in total. The number of rotatable bonds is 6. The maximum atomic E-state index is 13.1. The van der Waals surface area contributed by atoms with Crippen LogP contribution in [0.15, 0.2) is 18.2 Å². The number of benzene rings is 1. The summed E-state index contributed by atoms with van der Waals surface area (Å²) in [5.74, 6) is -1.43. The molecule has 2 atom stereocenters. The lowest BCUT2D eigenvalue weighted by Gasteiger charge is -2.30. The molecule has 8 heteroatoms. The van der Waals surface area contributed by atoms with Gasteiger partial charge >= 0.3 is 0 Å². The molecule has 0 bridgehead atoms. The largest absolute Gasteiger partial charge is 0.329 e. The highest BCUT2D eigenvalue weighted by Gasteiger charge is 2.46. The highest BCUT2D eigenvalue weighted by molar-refractivity contribution is 6.24. The van der Waals surface area contributed by atoms with E-state index in [-0.39, 0.29) is 24.3 Å². The van der Waals surface area contributed by atoms with E-state index in [0.29, 0.717) is 35.7 Å². The molecule has 1 aromatic rings. The lowest BCUT2D eigenvalue weighted by Crippen LogP contribution is -2.54. The minimum absolute atomic E-state index is 0.106. The lowest BCUT2D eigenvalue weighted by atomic mass is 9.94. The van der Waals surface area contributed by atoms with Crippen LogP contribution in [-0.4, -0.2) is 46.7 Å². The van der Waals surface area contributed by atoms with Gasteiger partial charge in [-0.1, -0.05) is 12.1 Å². The van der Waals surface area contributed by atoms with E-state index in [2.05, 4.69) is 17.6 Å². The van der Waals surface area contributed by atoms with E-state index >= 15 is 0 Å². The summed E-state index contributed by atoms with van der Waals surface area (Å²) < 4.78 is 0. The normalized spacial score (nSPS) is 24.2. The van der Waals surface area contributed by atoms with Crippen LogP contribution in [0.5, 0.6) is 0 Å². The van der Waals surface area contributed by atoms with Gasteiger partial charge in [-0.15, -0.1) is 0 Å². The minimum atomic E-state index is -0.952. The molecule has 4 rings (SSSR count). The Kier molecular flexibility index (Phi) is 4.55. The van der Waals surface area contributed by atoms with Gasteiger partial charge in [0.05, 0.1) is 11.1 Å². The fourth-order valence-electron chi connectivity index (χ4n) is 4.13. The summed E-state index contributed by atoms with van der Waals surface area (Å²) in [6.07, 6.45) is 2.52. The zero-order valence-corrected chi connectivity index (χ0v) is 15.8. The molecule has 2 unspecified atom stereocenters. The molecule has 1 aliphatic carbocycles. The van der Waals surface area contributed by atoms with Crippen LogP contribution in [-0.2, 0) is 16.1 Å². The van der Waals surface area contributed by atoms with Crippen LogP contribution in [0.2, 0.25) is 0 Å². The summed E-state index contributed by atoms with van der Waals surface area (Å²) >= 11 is 0. The highest BCUT2D eigenvalue weighted by atomic mass is 16.2. The number of carbonyl (C=O) groups excluding carboxylic acids is 4. The molecule has 0 aromatic heterocycles. The highest BCUT2D eigenvalue weighted by Crippen LogP contribution is 2.39. The Hall–Kier alpha value is -2.58. The van der Waals surface area contributed by atoms with E-state index in [1.54, 1.807) is 12.1 Å². The van der Waals surface area contributed by atoms with Crippen LogP contribution in [0.3, 0.4) is 0 Å². The molecule has 4 N–H and O–H groups in total. The third-order valence-corrected chi connectivity index (χ3v) is 6.14. The van der Waals surface area contributed by atoms with E-state index in [0.717, 1.165) is 17.7 Å². The molecule has 28 heavy (non-hydrogen) atoms. The maximum Gasteiger partial charge on any atom is 0.262 e. The van der Waals surface area contributed by atoms with Gasteiger partial charge in [-0.05, 0) is 43.7 Å². The number of hydrogen-bond acceptors (Lipinski definition) is 6. The number of nitrogens with one attached hydrogen (secondary N) is 2. The van der Waals surface area contributed by atoms with Gasteiger partial charge in [0.1, 0.15) is 6.04 Å². The topological polar surface area (TPSA) is 122 Å². The first-order valence-electron chi connectivity index (χ1n) is 9.64. The Labute approximate surface area is 162 Å². The van der Waals surface area contributed by atoms with Crippen LogP contribution < -0.4 is 16.4 Å². The van der Waals surface area contributed by atoms with Gasteiger partial charge in [0.2, 0.25) is 11.8 Å². The van der Waals surface area contributed by atoms with Crippen LogP contribution in [0, 0.1) is 5.92 Å². The molecule has 0 spiro atoms. The number of carbonyl (C=O) groups is 4. The standard InChI is InChI=1S/C20H24N4O4/c1-20(10-21,12-5-6-12)22-9-11-3-2-4-13-16(11)19(28)24(18(13)27)14-7-8-15(25)23-17(14)26/h2-4,12,14,22H,5-10,21H2,1H3,(H,23,25,26). The van der Waals surface area contributed by atoms with Gasteiger partial charge in [-0.2, -0.15) is 0 Å². The molecule has 0 radical (unpaired) electrons. The lowest BCUT2D eigenvalue weighted by molar-refractivity contribution is -0.136. The van der Waals surface area contributed by atoms with Crippen molar-refractivity contribution in [2.75, 3.05) is 6.54 Å². The zero-order valence-electron chi connectivity index (χ0n) is 15.8. The van der Waals surface area contributed by atoms with Crippen LogP contribution in [0.4, 0.5) is 0 Å². The third-order valence-electron chi connectivity index (χ3n) is 6.14. The smallest absolute Gasteiger partial charge is 0.262 e. The van der Waals surface area contributed by atoms with E-state index < -0.39 is 23.8 Å². The van der Waals surface area contributed by atoms with Crippen molar-refractivity contribution in [3.05, 3.63) is 34.9 Å². The summed E-state index contributed by atoms with van der Waals surface area (Å²) in [4.78, 5) is 50.5. The Morgan fingerprint density at radius 2 is 1.93 bits per heavy atom. The number of amides is 4. The summed E-state index contributed by atoms with van der Waals surface area (Å²) in [6, 6.07) is 4.21. The van der Waals surface area contributed by atoms with Gasteiger partial charge < -0.3 is 11.1 Å². The molecule has 3 aliphatic rings. The molecule has 4 amide bonds. The van der Waals surface area contributed by atoms with Crippen LogP contribution in [0.25, 0.3) is 0 Å². The Morgan fingerprint density at radius 1 is 1.18 bits per heavy atom. The van der Waals surface area contributed by atoms with E-state index in [1.807, 2.05) is 6.07 Å². The molecule has 148 valence electrons. The number of fused-ring (bicyclic) bond motifs is 1. The van der Waals surface area contributed by atoms with Crippen molar-refractivity contribution >= 4 is 23.6 Å². The maximum absolute atomic E-state index is 13.1. The SMILES string of the molecule is CC(CN)(NCc1cccc2c1C(=O)N(C1CCC(=O)NC1=O)C2=O)C1CC1. The summed E-state index contributed by atoms with van der Waals surface area (Å²) in [7, 11) is 0. The molecule has 1 saturated carbocycles. The molecule has 1 aromatic carbocycles. The summed E-state index contributed by atoms with van der Waals surface area (Å²) in [5, 5.41) is 5.68. The van der Waals surface area contributed by atoms with Crippen molar-refractivity contribution < 1.29 is 19.2 Å². The van der Waals surface area contributed by atoms with Crippen molar-refractivity contribution in [1.29, 1.82) is 0 Å². The number of piperidine rings is 1. The van der Waals surface area contributed by atoms with E-state index in [1.165, 1.54) is 0 Å². The molecule has 2 fully saturated rings. The van der Waals surface area contributed by atoms with E-state index in [9.17, 15) is 19.2 Å². The molecule has 2 heterocycles.